The van der Waals surface area contributed by atoms with Crippen molar-refractivity contribution < 1.29 is 0 Å². The lowest BCUT2D eigenvalue weighted by Gasteiger charge is -2.30. The van der Waals surface area contributed by atoms with Gasteiger partial charge in [0.1, 0.15) is 5.82 Å². The minimum Gasteiger partial charge on any atom is -0.311 e. The van der Waals surface area contributed by atoms with Crippen LogP contribution in [0.3, 0.4) is 0 Å². The maximum Gasteiger partial charge on any atom is 0.163 e. The van der Waals surface area contributed by atoms with Crippen molar-refractivity contribution in [1.29, 1.82) is 0 Å². The molecule has 4 aliphatic carbocycles. The van der Waals surface area contributed by atoms with Crippen LogP contribution in [0.2, 0.25) is 0 Å². The van der Waals surface area contributed by atoms with Crippen LogP contribution < -0.4 is 4.90 Å². The van der Waals surface area contributed by atoms with E-state index in [0.29, 0.717) is 11.6 Å². The Hall–Kier alpha value is -6.39. The first-order valence-corrected chi connectivity index (χ1v) is 21.0. The third-order valence-corrected chi connectivity index (χ3v) is 12.3. The van der Waals surface area contributed by atoms with E-state index in [1.54, 1.807) is 0 Å². The van der Waals surface area contributed by atoms with Crippen LogP contribution in [0.5, 0.6) is 0 Å². The normalized spacial score (nSPS) is 17.7. The third kappa shape index (κ3) is 6.77. The number of rotatable bonds is 8. The van der Waals surface area contributed by atoms with Gasteiger partial charge >= 0.3 is 0 Å². The van der Waals surface area contributed by atoms with Gasteiger partial charge in [0.25, 0.3) is 0 Å². The van der Waals surface area contributed by atoms with Crippen LogP contribution in [0.4, 0.5) is 5.69 Å². The summed E-state index contributed by atoms with van der Waals surface area (Å²) in [6.07, 6.45) is 26.0. The van der Waals surface area contributed by atoms with E-state index in [-0.39, 0.29) is 11.3 Å². The quantitative estimate of drug-likeness (QED) is 0.145. The minimum absolute atomic E-state index is 0.0897. The summed E-state index contributed by atoms with van der Waals surface area (Å²) < 4.78 is 0. The maximum absolute atomic E-state index is 5.17. The van der Waals surface area contributed by atoms with Gasteiger partial charge in [0.2, 0.25) is 0 Å². The molecule has 4 aliphatic rings. The Labute approximate surface area is 342 Å². The first kappa shape index (κ1) is 36.0. The van der Waals surface area contributed by atoms with Gasteiger partial charge in [0.05, 0.1) is 0 Å². The molecule has 0 aliphatic heterocycles. The number of hydrogen-bond acceptors (Lipinski definition) is 4. The molecule has 0 saturated carbocycles. The van der Waals surface area contributed by atoms with E-state index in [9.17, 15) is 0 Å². The van der Waals surface area contributed by atoms with Crippen LogP contribution in [0.25, 0.3) is 56.2 Å². The predicted molar refractivity (Wildman–Crippen MR) is 240 cm³/mol. The number of benzene rings is 5. The highest BCUT2D eigenvalue weighted by molar-refractivity contribution is 5.86. The Kier molecular flexibility index (Phi) is 9.41. The summed E-state index contributed by atoms with van der Waals surface area (Å²) in [5.41, 5.74) is 15.6. The number of anilines is 1. The van der Waals surface area contributed by atoms with Crippen molar-refractivity contribution in [1.82, 2.24) is 15.0 Å². The van der Waals surface area contributed by atoms with Crippen LogP contribution in [0.15, 0.2) is 175 Å². The van der Waals surface area contributed by atoms with E-state index < -0.39 is 0 Å². The highest BCUT2D eigenvalue weighted by Crippen LogP contribution is 2.50. The van der Waals surface area contributed by atoms with E-state index >= 15 is 0 Å². The van der Waals surface area contributed by atoms with Gasteiger partial charge in [0.15, 0.2) is 11.6 Å². The second kappa shape index (κ2) is 15.2. The summed E-state index contributed by atoms with van der Waals surface area (Å²) in [6.45, 7) is 4.72. The molecule has 0 amide bonds. The molecule has 0 saturated heterocycles. The number of nitrogens with zero attached hydrogens (tertiary/aromatic N) is 4. The zero-order valence-corrected chi connectivity index (χ0v) is 33.4. The third-order valence-electron chi connectivity index (χ3n) is 12.3. The van der Waals surface area contributed by atoms with Crippen LogP contribution in [0, 0.1) is 0 Å². The Morgan fingerprint density at radius 2 is 1.16 bits per heavy atom. The zero-order valence-electron chi connectivity index (χ0n) is 33.4. The van der Waals surface area contributed by atoms with Crippen LogP contribution in [0.1, 0.15) is 81.7 Å². The average Bonchev–Trinajstić information content (AvgIpc) is 3.52. The van der Waals surface area contributed by atoms with Gasteiger partial charge in [-0.25, -0.2) is 15.0 Å². The van der Waals surface area contributed by atoms with Crippen molar-refractivity contribution in [2.75, 3.05) is 4.90 Å². The van der Waals surface area contributed by atoms with E-state index in [4.69, 9.17) is 15.0 Å². The molecule has 0 N–H and O–H groups in total. The minimum atomic E-state index is -0.0897. The van der Waals surface area contributed by atoms with Gasteiger partial charge in [-0.15, -0.1) is 0 Å². The molecule has 58 heavy (non-hydrogen) atoms. The Morgan fingerprint density at radius 1 is 0.517 bits per heavy atom. The average molecular weight is 753 g/mol. The fourth-order valence-corrected chi connectivity index (χ4v) is 9.20. The SMILES string of the molecule is CC1(C)c2ccccc2-c2ccc(-c3cc(-c4cccc(-c5nc(-c6ccccc6)nc(C6C=CCCC6)n5)c4)cc(N(C4=CCCC=C4)C4=CCCC=C4)c3)cc21. The number of aromatic nitrogens is 3. The van der Waals surface area contributed by atoms with Gasteiger partial charge in [-0.05, 0) is 132 Å². The van der Waals surface area contributed by atoms with E-state index in [0.717, 1.165) is 78.7 Å². The molecule has 6 aromatic rings. The van der Waals surface area contributed by atoms with Crippen molar-refractivity contribution in [3.63, 3.8) is 0 Å². The zero-order chi connectivity index (χ0) is 39.1. The highest BCUT2D eigenvalue weighted by atomic mass is 15.2. The standard InChI is InChI=1S/C54H48N4/c1-54(2)49-29-16-15-28-47(49)48-31-30-40(36-50(48)54)43-33-42(34-46(35-43)58(44-24-11-5-12-25-44)45-26-13-6-14-27-45)39-22-17-23-41(32-39)53-56-51(37-18-7-3-8-19-37)55-52(57-53)38-20-9-4-10-21-38/h3,7-9,11,13,15-20,22-36,38H,4-6,10,12,14,21H2,1-2H3. The van der Waals surface area contributed by atoms with Crippen LogP contribution in [-0.4, -0.2) is 15.0 Å². The summed E-state index contributed by atoms with van der Waals surface area (Å²) in [7, 11) is 0. The summed E-state index contributed by atoms with van der Waals surface area (Å²) >= 11 is 0. The van der Waals surface area contributed by atoms with Crippen molar-refractivity contribution in [2.45, 2.75) is 70.1 Å². The largest absolute Gasteiger partial charge is 0.311 e. The first-order chi connectivity index (χ1) is 28.5. The molecule has 0 bridgehead atoms. The highest BCUT2D eigenvalue weighted by Gasteiger charge is 2.35. The number of allylic oxidation sites excluding steroid dienone is 8. The molecule has 4 heteroatoms. The molecule has 0 fully saturated rings. The van der Waals surface area contributed by atoms with Gasteiger partial charge < -0.3 is 4.90 Å². The van der Waals surface area contributed by atoms with E-state index in [1.165, 1.54) is 44.8 Å². The molecule has 1 heterocycles. The molecule has 10 rings (SSSR count). The summed E-state index contributed by atoms with van der Waals surface area (Å²) in [4.78, 5) is 17.8. The molecule has 4 nitrogen and oxygen atoms in total. The van der Waals surface area contributed by atoms with Gasteiger partial charge in [-0.2, -0.15) is 0 Å². The second-order valence-corrected chi connectivity index (χ2v) is 16.5. The van der Waals surface area contributed by atoms with E-state index in [2.05, 4.69) is 164 Å². The van der Waals surface area contributed by atoms with Crippen molar-refractivity contribution in [3.8, 4) is 56.2 Å². The molecule has 5 aromatic carbocycles. The molecule has 1 aromatic heterocycles. The molecule has 0 radical (unpaired) electrons. The van der Waals surface area contributed by atoms with Gasteiger partial charge in [0, 0.05) is 39.5 Å². The first-order valence-electron chi connectivity index (χ1n) is 21.0. The number of hydrogen-bond donors (Lipinski definition) is 0. The molecule has 1 unspecified atom stereocenters. The Balaban J connectivity index is 1.13. The van der Waals surface area contributed by atoms with E-state index in [1.807, 2.05) is 18.2 Å². The summed E-state index contributed by atoms with van der Waals surface area (Å²) in [6, 6.07) is 42.2. The van der Waals surface area contributed by atoms with Crippen molar-refractivity contribution in [2.24, 2.45) is 0 Å². The van der Waals surface area contributed by atoms with Crippen molar-refractivity contribution in [3.05, 3.63) is 192 Å². The molecule has 1 atom stereocenters. The Morgan fingerprint density at radius 3 is 1.86 bits per heavy atom. The fourth-order valence-electron chi connectivity index (χ4n) is 9.20. The van der Waals surface area contributed by atoms with Crippen molar-refractivity contribution >= 4 is 5.69 Å². The topological polar surface area (TPSA) is 41.9 Å². The monoisotopic (exact) mass is 752 g/mol. The molecular formula is C54H48N4. The van der Waals surface area contributed by atoms with Crippen LogP contribution >= 0.6 is 0 Å². The van der Waals surface area contributed by atoms with Gasteiger partial charge in [-0.3, -0.25) is 0 Å². The van der Waals surface area contributed by atoms with Crippen LogP contribution in [-0.2, 0) is 5.41 Å². The lowest BCUT2D eigenvalue weighted by Crippen LogP contribution is -2.21. The summed E-state index contributed by atoms with van der Waals surface area (Å²) in [5, 5.41) is 0. The maximum atomic E-state index is 5.17. The molecule has 0 spiro atoms. The summed E-state index contributed by atoms with van der Waals surface area (Å²) in [5.74, 6) is 2.45. The Bertz CT molecular complexity index is 2660. The molecule has 284 valence electrons. The fraction of sp³-hybridized carbons (Fsp3) is 0.204. The smallest absolute Gasteiger partial charge is 0.163 e. The second-order valence-electron chi connectivity index (χ2n) is 16.5. The lowest BCUT2D eigenvalue weighted by molar-refractivity contribution is 0.623. The lowest BCUT2D eigenvalue weighted by atomic mass is 9.81. The number of fused-ring (bicyclic) bond motifs is 3. The molecular weight excluding hydrogens is 705 g/mol. The van der Waals surface area contributed by atoms with Gasteiger partial charge in [-0.1, -0.05) is 135 Å². The predicted octanol–water partition coefficient (Wildman–Crippen LogP) is 13.9.